The molecular weight excluding hydrogens is 296 g/mol. The van der Waals surface area contributed by atoms with Crippen molar-refractivity contribution in [1.82, 2.24) is 15.0 Å². The number of H-pyrrole nitrogens is 1. The number of rotatable bonds is 4. The summed E-state index contributed by atoms with van der Waals surface area (Å²) in [6, 6.07) is 12.7. The van der Waals surface area contributed by atoms with E-state index in [-0.39, 0.29) is 0 Å². The lowest BCUT2D eigenvalue weighted by Crippen LogP contribution is -2.17. The van der Waals surface area contributed by atoms with E-state index in [2.05, 4.69) is 63.3 Å². The second-order valence-corrected chi connectivity index (χ2v) is 6.46. The monoisotopic (exact) mass is 318 g/mol. The van der Waals surface area contributed by atoms with Crippen molar-refractivity contribution in [3.05, 3.63) is 60.1 Å². The summed E-state index contributed by atoms with van der Waals surface area (Å²) in [5.74, 6) is 0.975. The van der Waals surface area contributed by atoms with Gasteiger partial charge in [0.15, 0.2) is 0 Å². The Morgan fingerprint density at radius 1 is 1.12 bits per heavy atom. The minimum absolute atomic E-state index is 0.830. The van der Waals surface area contributed by atoms with E-state index < -0.39 is 0 Å². The summed E-state index contributed by atoms with van der Waals surface area (Å²) in [6.07, 6.45) is 8.90. The molecule has 0 radical (unpaired) electrons. The maximum atomic E-state index is 4.54. The lowest BCUT2D eigenvalue weighted by molar-refractivity contribution is 0.740. The Balaban J connectivity index is 1.68. The lowest BCUT2D eigenvalue weighted by Gasteiger charge is -2.18. The van der Waals surface area contributed by atoms with Gasteiger partial charge in [-0.15, -0.1) is 0 Å². The van der Waals surface area contributed by atoms with Crippen LogP contribution in [0.3, 0.4) is 0 Å². The van der Waals surface area contributed by atoms with E-state index in [0.717, 1.165) is 29.8 Å². The molecule has 4 heteroatoms. The number of anilines is 1. The van der Waals surface area contributed by atoms with Crippen LogP contribution in [0.15, 0.2) is 48.8 Å². The van der Waals surface area contributed by atoms with Gasteiger partial charge in [0.1, 0.15) is 17.8 Å². The van der Waals surface area contributed by atoms with Crippen LogP contribution in [-0.2, 0) is 6.54 Å². The van der Waals surface area contributed by atoms with Crippen LogP contribution in [0, 0.1) is 0 Å². The van der Waals surface area contributed by atoms with Crippen LogP contribution in [0.5, 0.6) is 0 Å². The van der Waals surface area contributed by atoms with E-state index in [1.165, 1.54) is 36.1 Å². The van der Waals surface area contributed by atoms with Crippen LogP contribution >= 0.6 is 0 Å². The highest BCUT2D eigenvalue weighted by molar-refractivity contribution is 5.90. The van der Waals surface area contributed by atoms with Crippen molar-refractivity contribution in [1.29, 1.82) is 0 Å². The second kappa shape index (κ2) is 6.48. The van der Waals surface area contributed by atoms with Crippen LogP contribution in [-0.4, -0.2) is 22.0 Å². The fourth-order valence-electron chi connectivity index (χ4n) is 3.42. The van der Waals surface area contributed by atoms with Crippen molar-refractivity contribution < 1.29 is 0 Å². The smallest absolute Gasteiger partial charge is 0.143 e. The Hall–Kier alpha value is -2.62. The largest absolute Gasteiger partial charge is 0.355 e. The number of benzene rings is 1. The molecule has 0 fully saturated rings. The number of allylic oxidation sites excluding steroid dienone is 2. The molecule has 0 saturated carbocycles. The molecular formula is C20H22N4. The molecule has 0 aliphatic heterocycles. The number of aromatic amines is 1. The molecule has 0 saturated heterocycles. The predicted molar refractivity (Wildman–Crippen MR) is 98.9 cm³/mol. The van der Waals surface area contributed by atoms with Crippen LogP contribution in [0.4, 0.5) is 5.82 Å². The molecule has 0 atom stereocenters. The summed E-state index contributed by atoms with van der Waals surface area (Å²) in [4.78, 5) is 14.6. The molecule has 4 rings (SSSR count). The van der Waals surface area contributed by atoms with E-state index in [0.29, 0.717) is 0 Å². The number of nitrogens with one attached hydrogen (secondary N) is 1. The first-order valence-electron chi connectivity index (χ1n) is 8.59. The third-order valence-electron chi connectivity index (χ3n) is 4.67. The molecule has 0 unspecified atom stereocenters. The second-order valence-electron chi connectivity index (χ2n) is 6.46. The summed E-state index contributed by atoms with van der Waals surface area (Å²) < 4.78 is 0. The zero-order chi connectivity index (χ0) is 16.4. The van der Waals surface area contributed by atoms with Crippen molar-refractivity contribution in [2.24, 2.45) is 0 Å². The van der Waals surface area contributed by atoms with Gasteiger partial charge >= 0.3 is 0 Å². The summed E-state index contributed by atoms with van der Waals surface area (Å²) in [5.41, 5.74) is 4.80. The Labute approximate surface area is 142 Å². The predicted octanol–water partition coefficient (Wildman–Crippen LogP) is 4.55. The molecule has 1 aliphatic carbocycles. The minimum Gasteiger partial charge on any atom is -0.355 e. The number of fused-ring (bicyclic) bond motifs is 1. The quantitative estimate of drug-likeness (QED) is 0.767. The Morgan fingerprint density at radius 2 is 2.00 bits per heavy atom. The van der Waals surface area contributed by atoms with Gasteiger partial charge in [0.2, 0.25) is 0 Å². The van der Waals surface area contributed by atoms with Crippen molar-refractivity contribution in [2.75, 3.05) is 11.9 Å². The van der Waals surface area contributed by atoms with Crippen LogP contribution in [0.25, 0.3) is 16.6 Å². The summed E-state index contributed by atoms with van der Waals surface area (Å²) in [6.45, 7) is 0.830. The molecule has 122 valence electrons. The zero-order valence-corrected chi connectivity index (χ0v) is 14.0. The molecule has 2 heterocycles. The maximum absolute atomic E-state index is 4.54. The van der Waals surface area contributed by atoms with Crippen LogP contribution in [0.2, 0.25) is 0 Å². The normalized spacial score (nSPS) is 14.6. The fraction of sp³-hybridized carbons (Fsp3) is 0.300. The molecule has 3 aromatic rings. The van der Waals surface area contributed by atoms with Crippen LogP contribution in [0.1, 0.15) is 36.9 Å². The SMILES string of the molecule is CN(Cc1ccccc1)c1ncnc2[nH]c(C3=CCCCC3)cc12. The topological polar surface area (TPSA) is 44.8 Å². The highest BCUT2D eigenvalue weighted by Crippen LogP contribution is 2.31. The van der Waals surface area contributed by atoms with Gasteiger partial charge in [0.25, 0.3) is 0 Å². The average Bonchev–Trinajstić information content (AvgIpc) is 3.07. The Morgan fingerprint density at radius 3 is 2.79 bits per heavy atom. The zero-order valence-electron chi connectivity index (χ0n) is 14.0. The molecule has 1 aliphatic rings. The molecule has 2 aromatic heterocycles. The minimum atomic E-state index is 0.830. The van der Waals surface area contributed by atoms with E-state index >= 15 is 0 Å². The number of nitrogens with zero attached hydrogens (tertiary/aromatic N) is 3. The third kappa shape index (κ3) is 2.92. The summed E-state index contributed by atoms with van der Waals surface area (Å²) >= 11 is 0. The number of aromatic nitrogens is 3. The first-order chi connectivity index (χ1) is 11.8. The standard InChI is InChI=1S/C20H22N4/c1-24(13-15-8-4-2-5-9-15)20-17-12-18(16-10-6-3-7-11-16)23-19(17)21-14-22-20/h2,4-5,8-10,12,14H,3,6-7,11,13H2,1H3,(H,21,22,23). The molecule has 24 heavy (non-hydrogen) atoms. The van der Waals surface area contributed by atoms with Gasteiger partial charge in [0.05, 0.1) is 5.39 Å². The van der Waals surface area contributed by atoms with E-state index in [9.17, 15) is 0 Å². The number of hydrogen-bond donors (Lipinski definition) is 1. The fourth-order valence-corrected chi connectivity index (χ4v) is 3.42. The first kappa shape index (κ1) is 14.9. The maximum Gasteiger partial charge on any atom is 0.143 e. The molecule has 0 spiro atoms. The van der Waals surface area contributed by atoms with E-state index in [1.54, 1.807) is 6.33 Å². The van der Waals surface area contributed by atoms with Gasteiger partial charge in [-0.05, 0) is 42.9 Å². The van der Waals surface area contributed by atoms with Crippen molar-refractivity contribution >= 4 is 22.4 Å². The molecule has 1 aromatic carbocycles. The lowest BCUT2D eigenvalue weighted by atomic mass is 9.97. The average molecular weight is 318 g/mol. The van der Waals surface area contributed by atoms with Crippen molar-refractivity contribution in [2.45, 2.75) is 32.2 Å². The molecule has 0 bridgehead atoms. The highest BCUT2D eigenvalue weighted by atomic mass is 15.2. The van der Waals surface area contributed by atoms with E-state index in [1.807, 2.05) is 6.07 Å². The van der Waals surface area contributed by atoms with E-state index in [4.69, 9.17) is 0 Å². The van der Waals surface area contributed by atoms with Crippen molar-refractivity contribution in [3.63, 3.8) is 0 Å². The summed E-state index contributed by atoms with van der Waals surface area (Å²) in [7, 11) is 2.08. The Kier molecular flexibility index (Phi) is 4.03. The van der Waals surface area contributed by atoms with Gasteiger partial charge in [-0.1, -0.05) is 36.4 Å². The van der Waals surface area contributed by atoms with Gasteiger partial charge in [0, 0.05) is 19.3 Å². The Bertz CT molecular complexity index is 864. The number of hydrogen-bond acceptors (Lipinski definition) is 3. The van der Waals surface area contributed by atoms with Gasteiger partial charge in [-0.2, -0.15) is 0 Å². The highest BCUT2D eigenvalue weighted by Gasteiger charge is 2.14. The van der Waals surface area contributed by atoms with Crippen molar-refractivity contribution in [3.8, 4) is 0 Å². The van der Waals surface area contributed by atoms with Gasteiger partial charge < -0.3 is 9.88 Å². The summed E-state index contributed by atoms with van der Waals surface area (Å²) in [5, 5.41) is 1.09. The molecule has 0 amide bonds. The third-order valence-corrected chi connectivity index (χ3v) is 4.67. The van der Waals surface area contributed by atoms with Crippen LogP contribution < -0.4 is 4.90 Å². The van der Waals surface area contributed by atoms with Gasteiger partial charge in [-0.3, -0.25) is 0 Å². The van der Waals surface area contributed by atoms with Gasteiger partial charge in [-0.25, -0.2) is 9.97 Å². The first-order valence-corrected chi connectivity index (χ1v) is 8.59. The molecule has 4 nitrogen and oxygen atoms in total. The molecule has 1 N–H and O–H groups in total.